The number of aromatic nitrogens is 2. The topological polar surface area (TPSA) is 61.0 Å². The normalized spacial score (nSPS) is 16.5. The van der Waals surface area contributed by atoms with Crippen LogP contribution in [0.2, 0.25) is 0 Å². The van der Waals surface area contributed by atoms with Gasteiger partial charge in [0.15, 0.2) is 0 Å². The largest absolute Gasteiger partial charge is 0.474 e. The molecule has 2 rings (SSSR count). The second kappa shape index (κ2) is 3.25. The lowest BCUT2D eigenvalue weighted by molar-refractivity contribution is -0.139. The molecule has 15 heavy (non-hydrogen) atoms. The van der Waals surface area contributed by atoms with E-state index in [0.29, 0.717) is 6.20 Å². The zero-order chi connectivity index (χ0) is 11.1. The number of hydrogen-bond donors (Lipinski definition) is 1. The Morgan fingerprint density at radius 1 is 1.40 bits per heavy atom. The minimum absolute atomic E-state index is 0.166. The van der Waals surface area contributed by atoms with Gasteiger partial charge in [0.2, 0.25) is 11.8 Å². The van der Waals surface area contributed by atoms with Gasteiger partial charge in [0.25, 0.3) is 0 Å². The number of anilines is 1. The van der Waals surface area contributed by atoms with Crippen molar-refractivity contribution in [3.05, 3.63) is 11.8 Å². The number of halogens is 3. The summed E-state index contributed by atoms with van der Waals surface area (Å²) in [5, 5.41) is 0. The Balaban J connectivity index is 2.34. The molecule has 1 aromatic heterocycles. The fraction of sp³-hybridized carbons (Fsp3) is 0.500. The summed E-state index contributed by atoms with van der Waals surface area (Å²) in [6.45, 7) is 0. The molecule has 1 aromatic rings. The lowest BCUT2D eigenvalue weighted by atomic mass is 10.3. The second-order valence-corrected chi connectivity index (χ2v) is 3.26. The molecule has 7 heteroatoms. The van der Waals surface area contributed by atoms with Gasteiger partial charge in [0, 0.05) is 6.20 Å². The molecule has 0 radical (unpaired) electrons. The van der Waals surface area contributed by atoms with Crippen LogP contribution in [0.1, 0.15) is 18.4 Å². The molecule has 0 aliphatic heterocycles. The van der Waals surface area contributed by atoms with E-state index in [9.17, 15) is 13.2 Å². The van der Waals surface area contributed by atoms with Gasteiger partial charge in [-0.25, -0.2) is 4.98 Å². The number of ether oxygens (including phenoxy) is 1. The molecule has 1 fully saturated rings. The van der Waals surface area contributed by atoms with E-state index in [1.807, 2.05) is 0 Å². The van der Waals surface area contributed by atoms with Crippen LogP contribution in [0.3, 0.4) is 0 Å². The molecule has 1 aliphatic carbocycles. The number of nitrogens with two attached hydrogens (primary N) is 1. The number of alkyl halides is 3. The molecule has 0 spiro atoms. The van der Waals surface area contributed by atoms with Crippen molar-refractivity contribution >= 4 is 5.95 Å². The van der Waals surface area contributed by atoms with Crippen LogP contribution in [0, 0.1) is 0 Å². The highest BCUT2D eigenvalue weighted by Crippen LogP contribution is 2.37. The summed E-state index contributed by atoms with van der Waals surface area (Å²) in [7, 11) is 0. The van der Waals surface area contributed by atoms with Gasteiger partial charge >= 0.3 is 6.18 Å². The number of hydrogen-bond acceptors (Lipinski definition) is 4. The molecule has 0 saturated heterocycles. The fourth-order valence-electron chi connectivity index (χ4n) is 1.01. The van der Waals surface area contributed by atoms with Crippen molar-refractivity contribution in [1.82, 2.24) is 9.97 Å². The van der Waals surface area contributed by atoms with Crippen molar-refractivity contribution in [2.45, 2.75) is 25.1 Å². The summed E-state index contributed by atoms with van der Waals surface area (Å²) in [5.41, 5.74) is 4.21. The van der Waals surface area contributed by atoms with E-state index >= 15 is 0 Å². The molecule has 0 unspecified atom stereocenters. The van der Waals surface area contributed by atoms with Gasteiger partial charge in [-0.05, 0) is 12.8 Å². The first-order valence-electron chi connectivity index (χ1n) is 4.33. The molecular formula is C8H8F3N3O. The van der Waals surface area contributed by atoms with Crippen molar-refractivity contribution in [2.75, 3.05) is 5.73 Å². The van der Waals surface area contributed by atoms with Crippen LogP contribution < -0.4 is 10.5 Å². The quantitative estimate of drug-likeness (QED) is 0.820. The van der Waals surface area contributed by atoms with Gasteiger partial charge < -0.3 is 10.5 Å². The smallest absolute Gasteiger partial charge is 0.423 e. The van der Waals surface area contributed by atoms with Crippen molar-refractivity contribution in [3.8, 4) is 5.88 Å². The standard InChI is InChI=1S/C8H8F3N3O/c9-8(10,11)5-3-13-7(12)14-6(5)15-4-1-2-4/h3-4H,1-2H2,(H2,12,13,14). The maximum absolute atomic E-state index is 12.5. The van der Waals surface area contributed by atoms with E-state index < -0.39 is 17.6 Å². The maximum Gasteiger partial charge on any atom is 0.423 e. The van der Waals surface area contributed by atoms with Gasteiger partial charge in [0.05, 0.1) is 0 Å². The zero-order valence-corrected chi connectivity index (χ0v) is 7.58. The first-order chi connectivity index (χ1) is 6.97. The van der Waals surface area contributed by atoms with Crippen molar-refractivity contribution < 1.29 is 17.9 Å². The van der Waals surface area contributed by atoms with Crippen molar-refractivity contribution in [1.29, 1.82) is 0 Å². The summed E-state index contributed by atoms with van der Waals surface area (Å²) in [6.07, 6.45) is -2.54. The molecule has 2 N–H and O–H groups in total. The third-order valence-corrected chi connectivity index (χ3v) is 1.88. The molecule has 1 saturated carbocycles. The first-order valence-corrected chi connectivity index (χ1v) is 4.33. The lowest BCUT2D eigenvalue weighted by Crippen LogP contribution is -2.13. The minimum Gasteiger partial charge on any atom is -0.474 e. The highest BCUT2D eigenvalue weighted by atomic mass is 19.4. The van der Waals surface area contributed by atoms with E-state index in [1.54, 1.807) is 0 Å². The summed E-state index contributed by atoms with van der Waals surface area (Å²) in [6, 6.07) is 0. The van der Waals surface area contributed by atoms with Crippen LogP contribution in [-0.4, -0.2) is 16.1 Å². The van der Waals surface area contributed by atoms with Crippen LogP contribution >= 0.6 is 0 Å². The summed E-state index contributed by atoms with van der Waals surface area (Å²) < 4.78 is 42.4. The monoisotopic (exact) mass is 219 g/mol. The van der Waals surface area contributed by atoms with Gasteiger partial charge in [0.1, 0.15) is 11.7 Å². The average Bonchev–Trinajstić information content (AvgIpc) is 2.85. The average molecular weight is 219 g/mol. The van der Waals surface area contributed by atoms with Gasteiger partial charge in [-0.15, -0.1) is 0 Å². The Morgan fingerprint density at radius 2 is 2.07 bits per heavy atom. The lowest BCUT2D eigenvalue weighted by Gasteiger charge is -2.11. The molecule has 1 aliphatic rings. The maximum atomic E-state index is 12.5. The Bertz CT molecular complexity index is 376. The van der Waals surface area contributed by atoms with E-state index in [4.69, 9.17) is 10.5 Å². The molecule has 0 aromatic carbocycles. The summed E-state index contributed by atoms with van der Waals surface area (Å²) >= 11 is 0. The molecule has 0 atom stereocenters. The SMILES string of the molecule is Nc1ncc(C(F)(F)F)c(OC2CC2)n1. The molecule has 82 valence electrons. The molecule has 1 heterocycles. The second-order valence-electron chi connectivity index (χ2n) is 3.26. The van der Waals surface area contributed by atoms with Crippen LogP contribution in [0.25, 0.3) is 0 Å². The van der Waals surface area contributed by atoms with E-state index in [1.165, 1.54) is 0 Å². The highest BCUT2D eigenvalue weighted by Gasteiger charge is 2.38. The Kier molecular flexibility index (Phi) is 2.17. The number of rotatable bonds is 2. The van der Waals surface area contributed by atoms with Crippen LogP contribution in [0.4, 0.5) is 19.1 Å². The van der Waals surface area contributed by atoms with E-state index in [0.717, 1.165) is 12.8 Å². The summed E-state index contributed by atoms with van der Waals surface area (Å²) in [5.74, 6) is -0.698. The van der Waals surface area contributed by atoms with Crippen LogP contribution in [-0.2, 0) is 6.18 Å². The van der Waals surface area contributed by atoms with Gasteiger partial charge in [-0.2, -0.15) is 18.2 Å². The predicted molar refractivity (Wildman–Crippen MR) is 45.1 cm³/mol. The van der Waals surface area contributed by atoms with Crippen molar-refractivity contribution in [2.24, 2.45) is 0 Å². The van der Waals surface area contributed by atoms with Gasteiger partial charge in [-0.1, -0.05) is 0 Å². The third-order valence-electron chi connectivity index (χ3n) is 1.88. The zero-order valence-electron chi connectivity index (χ0n) is 7.58. The van der Waals surface area contributed by atoms with Crippen LogP contribution in [0.15, 0.2) is 6.20 Å². The first kappa shape index (κ1) is 10.0. The van der Waals surface area contributed by atoms with E-state index in [-0.39, 0.29) is 12.1 Å². The van der Waals surface area contributed by atoms with Crippen molar-refractivity contribution in [3.63, 3.8) is 0 Å². The highest BCUT2D eigenvalue weighted by molar-refractivity contribution is 5.32. The van der Waals surface area contributed by atoms with Gasteiger partial charge in [-0.3, -0.25) is 0 Å². The molecular weight excluding hydrogens is 211 g/mol. The van der Waals surface area contributed by atoms with Crippen LogP contribution in [0.5, 0.6) is 5.88 Å². The molecule has 0 bridgehead atoms. The van der Waals surface area contributed by atoms with E-state index in [2.05, 4.69) is 9.97 Å². The fourth-order valence-corrected chi connectivity index (χ4v) is 1.01. The number of nitrogens with zero attached hydrogens (tertiary/aromatic N) is 2. The Morgan fingerprint density at radius 3 is 2.60 bits per heavy atom. The number of nitrogen functional groups attached to an aromatic ring is 1. The predicted octanol–water partition coefficient (Wildman–Crippen LogP) is 1.62. The minimum atomic E-state index is -4.52. The summed E-state index contributed by atoms with van der Waals surface area (Å²) in [4.78, 5) is 6.74. The third kappa shape index (κ3) is 2.28. The molecule has 4 nitrogen and oxygen atoms in total. The molecule has 0 amide bonds. The Labute approximate surface area is 83.3 Å². The Hall–Kier alpha value is -1.53.